The van der Waals surface area contributed by atoms with Gasteiger partial charge in [0.2, 0.25) is 5.78 Å². The lowest BCUT2D eigenvalue weighted by molar-refractivity contribution is 0.101. The highest BCUT2D eigenvalue weighted by Crippen LogP contribution is 2.25. The first-order valence-electron chi connectivity index (χ1n) is 6.16. The van der Waals surface area contributed by atoms with Gasteiger partial charge in [-0.1, -0.05) is 18.2 Å². The van der Waals surface area contributed by atoms with Crippen LogP contribution in [-0.2, 0) is 0 Å². The number of carbonyl (C=O) groups excluding carboxylic acids is 1. The van der Waals surface area contributed by atoms with E-state index in [0.717, 1.165) is 5.56 Å². The third-order valence-electron chi connectivity index (χ3n) is 3.21. The summed E-state index contributed by atoms with van der Waals surface area (Å²) in [5, 5.41) is 0.710. The smallest absolute Gasteiger partial charge is 0.228 e. The molecule has 0 spiro atoms. The molecule has 0 bridgehead atoms. The van der Waals surface area contributed by atoms with Crippen LogP contribution in [0.25, 0.3) is 11.0 Å². The molecule has 3 rings (SSSR count). The van der Waals surface area contributed by atoms with Crippen molar-refractivity contribution in [2.24, 2.45) is 0 Å². The van der Waals surface area contributed by atoms with Gasteiger partial charge in [0.25, 0.3) is 0 Å². The van der Waals surface area contributed by atoms with Crippen molar-refractivity contribution in [2.45, 2.75) is 6.92 Å². The molecular weight excluding hydrogens is 281 g/mol. The Morgan fingerprint density at radius 1 is 1.05 bits per heavy atom. The van der Waals surface area contributed by atoms with Crippen molar-refractivity contribution in [3.8, 4) is 0 Å². The Morgan fingerprint density at radius 2 is 1.71 bits per heavy atom. The first-order chi connectivity index (χ1) is 9.97. The van der Waals surface area contributed by atoms with Crippen molar-refractivity contribution >= 4 is 16.8 Å². The summed E-state index contributed by atoms with van der Waals surface area (Å²) in [5.74, 6) is -5.18. The molecule has 0 fully saturated rings. The number of furan rings is 1. The Morgan fingerprint density at radius 3 is 2.33 bits per heavy atom. The molecule has 3 aromatic rings. The van der Waals surface area contributed by atoms with Gasteiger partial charge in [-0.15, -0.1) is 0 Å². The van der Waals surface area contributed by atoms with Crippen LogP contribution in [0.15, 0.2) is 40.8 Å². The van der Waals surface area contributed by atoms with E-state index in [1.54, 1.807) is 12.1 Å². The molecule has 0 unspecified atom stereocenters. The predicted octanol–water partition coefficient (Wildman–Crippen LogP) is 4.39. The number of halogens is 3. The molecule has 21 heavy (non-hydrogen) atoms. The lowest BCUT2D eigenvalue weighted by Crippen LogP contribution is -2.03. The Balaban J connectivity index is 2.10. The van der Waals surface area contributed by atoms with E-state index in [1.807, 2.05) is 13.0 Å². The fourth-order valence-electron chi connectivity index (χ4n) is 2.15. The molecule has 0 saturated carbocycles. The number of benzene rings is 2. The fourth-order valence-corrected chi connectivity index (χ4v) is 2.15. The predicted molar refractivity (Wildman–Crippen MR) is 70.7 cm³/mol. The Bertz CT molecular complexity index is 842. The first-order valence-corrected chi connectivity index (χ1v) is 6.16. The van der Waals surface area contributed by atoms with Gasteiger partial charge in [0.15, 0.2) is 23.2 Å². The lowest BCUT2D eigenvalue weighted by atomic mass is 10.1. The van der Waals surface area contributed by atoms with Gasteiger partial charge in [-0.3, -0.25) is 4.79 Å². The highest BCUT2D eigenvalue weighted by atomic mass is 19.2. The monoisotopic (exact) mass is 290 g/mol. The maximum absolute atomic E-state index is 13.2. The van der Waals surface area contributed by atoms with Crippen molar-refractivity contribution < 1.29 is 22.4 Å². The Hall–Kier alpha value is -2.56. The fraction of sp³-hybridized carbons (Fsp3) is 0.0625. The molecule has 0 aliphatic rings. The van der Waals surface area contributed by atoms with Crippen molar-refractivity contribution in [2.75, 3.05) is 0 Å². The molecule has 0 aliphatic heterocycles. The van der Waals surface area contributed by atoms with Crippen LogP contribution in [0.2, 0.25) is 0 Å². The maximum atomic E-state index is 13.2. The second-order valence-electron chi connectivity index (χ2n) is 4.69. The summed E-state index contributed by atoms with van der Waals surface area (Å²) in [5.41, 5.74) is 1.06. The summed E-state index contributed by atoms with van der Waals surface area (Å²) >= 11 is 0. The number of ketones is 1. The zero-order valence-electron chi connectivity index (χ0n) is 10.9. The average Bonchev–Trinajstić information content (AvgIpc) is 2.89. The zero-order chi connectivity index (χ0) is 15.1. The van der Waals surface area contributed by atoms with Crippen LogP contribution < -0.4 is 0 Å². The number of hydrogen-bond donors (Lipinski definition) is 0. The molecule has 0 amide bonds. The summed E-state index contributed by atoms with van der Waals surface area (Å²) < 4.78 is 44.7. The zero-order valence-corrected chi connectivity index (χ0v) is 10.9. The molecule has 0 aliphatic carbocycles. The standard InChI is InChI=1S/C16H9F3O2/c1-8-3-2-4-9-7-13(21-16(8)9)15(20)10-5-11(17)14(19)12(18)6-10/h2-7H,1H3. The van der Waals surface area contributed by atoms with Gasteiger partial charge in [0.05, 0.1) is 0 Å². The van der Waals surface area contributed by atoms with E-state index in [-0.39, 0.29) is 11.3 Å². The van der Waals surface area contributed by atoms with Crippen molar-refractivity contribution in [1.82, 2.24) is 0 Å². The molecule has 106 valence electrons. The number of para-hydroxylation sites is 1. The van der Waals surface area contributed by atoms with Gasteiger partial charge in [0, 0.05) is 10.9 Å². The van der Waals surface area contributed by atoms with E-state index >= 15 is 0 Å². The number of carbonyl (C=O) groups is 1. The summed E-state index contributed by atoms with van der Waals surface area (Å²) in [7, 11) is 0. The van der Waals surface area contributed by atoms with Crippen LogP contribution in [0.5, 0.6) is 0 Å². The van der Waals surface area contributed by atoms with Crippen LogP contribution in [0.3, 0.4) is 0 Å². The van der Waals surface area contributed by atoms with Gasteiger partial charge in [-0.25, -0.2) is 13.2 Å². The van der Waals surface area contributed by atoms with Gasteiger partial charge in [-0.05, 0) is 30.7 Å². The SMILES string of the molecule is Cc1cccc2cc(C(=O)c3cc(F)c(F)c(F)c3)oc12. The largest absolute Gasteiger partial charge is 0.452 e. The number of aryl methyl sites for hydroxylation is 1. The molecular formula is C16H9F3O2. The summed E-state index contributed by atoms with van der Waals surface area (Å²) in [4.78, 5) is 12.2. The van der Waals surface area contributed by atoms with Crippen LogP contribution in [0.1, 0.15) is 21.7 Å². The average molecular weight is 290 g/mol. The van der Waals surface area contributed by atoms with Crippen molar-refractivity contribution in [3.63, 3.8) is 0 Å². The van der Waals surface area contributed by atoms with Crippen LogP contribution in [0, 0.1) is 24.4 Å². The van der Waals surface area contributed by atoms with Gasteiger partial charge >= 0.3 is 0 Å². The van der Waals surface area contributed by atoms with Gasteiger partial charge < -0.3 is 4.42 Å². The quantitative estimate of drug-likeness (QED) is 0.517. The number of hydrogen-bond acceptors (Lipinski definition) is 2. The molecule has 0 saturated heterocycles. The van der Waals surface area contributed by atoms with Crippen molar-refractivity contribution in [3.05, 3.63) is 70.7 Å². The normalized spacial score (nSPS) is 11.0. The molecule has 2 aromatic carbocycles. The number of fused-ring (bicyclic) bond motifs is 1. The first kappa shape index (κ1) is 13.4. The van der Waals surface area contributed by atoms with E-state index in [0.29, 0.717) is 23.1 Å². The third-order valence-corrected chi connectivity index (χ3v) is 3.21. The molecule has 1 aromatic heterocycles. The second-order valence-corrected chi connectivity index (χ2v) is 4.69. The Labute approximate surface area is 117 Å². The summed E-state index contributed by atoms with van der Waals surface area (Å²) in [6.07, 6.45) is 0. The van der Waals surface area contributed by atoms with E-state index in [2.05, 4.69) is 0 Å². The highest BCUT2D eigenvalue weighted by molar-refractivity contribution is 6.09. The van der Waals surface area contributed by atoms with E-state index in [9.17, 15) is 18.0 Å². The van der Waals surface area contributed by atoms with Crippen LogP contribution in [-0.4, -0.2) is 5.78 Å². The summed E-state index contributed by atoms with van der Waals surface area (Å²) in [6.45, 7) is 1.82. The Kier molecular flexibility index (Phi) is 3.05. The van der Waals surface area contributed by atoms with E-state index < -0.39 is 23.2 Å². The highest BCUT2D eigenvalue weighted by Gasteiger charge is 2.19. The minimum Gasteiger partial charge on any atom is -0.452 e. The second kappa shape index (κ2) is 4.77. The number of rotatable bonds is 2. The van der Waals surface area contributed by atoms with Crippen molar-refractivity contribution in [1.29, 1.82) is 0 Å². The molecule has 1 heterocycles. The van der Waals surface area contributed by atoms with Gasteiger partial charge in [0.1, 0.15) is 5.58 Å². The minimum absolute atomic E-state index is 0.0512. The molecule has 2 nitrogen and oxygen atoms in total. The van der Waals surface area contributed by atoms with Crippen LogP contribution >= 0.6 is 0 Å². The minimum atomic E-state index is -1.60. The lowest BCUT2D eigenvalue weighted by Gasteiger charge is -2.00. The van der Waals surface area contributed by atoms with Crippen LogP contribution in [0.4, 0.5) is 13.2 Å². The maximum Gasteiger partial charge on any atom is 0.228 e. The summed E-state index contributed by atoms with van der Waals surface area (Å²) in [6, 6.07) is 8.18. The topological polar surface area (TPSA) is 30.2 Å². The molecule has 5 heteroatoms. The van der Waals surface area contributed by atoms with E-state index in [4.69, 9.17) is 4.42 Å². The molecule has 0 atom stereocenters. The van der Waals surface area contributed by atoms with E-state index in [1.165, 1.54) is 6.07 Å². The molecule has 0 N–H and O–H groups in total. The van der Waals surface area contributed by atoms with Gasteiger partial charge in [-0.2, -0.15) is 0 Å². The molecule has 0 radical (unpaired) electrons. The third kappa shape index (κ3) is 2.20.